The summed E-state index contributed by atoms with van der Waals surface area (Å²) >= 11 is 1.25. The van der Waals surface area contributed by atoms with Crippen molar-refractivity contribution < 1.29 is 17.6 Å². The molecule has 3 heterocycles. The van der Waals surface area contributed by atoms with Crippen molar-refractivity contribution in [1.29, 1.82) is 0 Å². The van der Waals surface area contributed by atoms with E-state index in [4.69, 9.17) is 4.42 Å². The molecule has 1 unspecified atom stereocenters. The summed E-state index contributed by atoms with van der Waals surface area (Å²) in [5.41, 5.74) is 2.00. The Morgan fingerprint density at radius 2 is 1.82 bits per heavy atom. The van der Waals surface area contributed by atoms with E-state index in [-0.39, 0.29) is 29.2 Å². The maximum Gasteiger partial charge on any atom is 0.277 e. The van der Waals surface area contributed by atoms with E-state index in [9.17, 15) is 13.2 Å². The monoisotopic (exact) mass is 493 g/mol. The molecule has 1 aromatic carbocycles. The molecule has 0 N–H and O–H groups in total. The first-order chi connectivity index (χ1) is 15.9. The first-order valence-electron chi connectivity index (χ1n) is 11.4. The van der Waals surface area contributed by atoms with Crippen molar-refractivity contribution in [3.05, 3.63) is 24.3 Å². The van der Waals surface area contributed by atoms with Crippen LogP contribution in [0.5, 0.6) is 0 Å². The van der Waals surface area contributed by atoms with Crippen LogP contribution in [0.1, 0.15) is 20.3 Å². The molecule has 180 valence electrons. The van der Waals surface area contributed by atoms with Gasteiger partial charge >= 0.3 is 0 Å². The van der Waals surface area contributed by atoms with Crippen LogP contribution in [-0.2, 0) is 14.6 Å². The van der Waals surface area contributed by atoms with Crippen molar-refractivity contribution in [3.63, 3.8) is 0 Å². The van der Waals surface area contributed by atoms with Gasteiger partial charge in [-0.05, 0) is 44.5 Å². The number of carbonyl (C=O) groups is 1. The Hall–Kier alpha value is -2.11. The number of carbonyl (C=O) groups excluding carboxylic acids is 1. The van der Waals surface area contributed by atoms with Gasteiger partial charge < -0.3 is 14.2 Å². The van der Waals surface area contributed by atoms with E-state index in [0.29, 0.717) is 43.7 Å². The SMILES string of the molecule is CCN(CC)c1ccc(-c2nnc(SCC(=O)N3CCN(C4CCS(=O)(=O)C4)CC3)o2)cc1. The molecule has 1 atom stereocenters. The largest absolute Gasteiger partial charge is 0.411 e. The predicted molar refractivity (Wildman–Crippen MR) is 129 cm³/mol. The summed E-state index contributed by atoms with van der Waals surface area (Å²) < 4.78 is 29.2. The van der Waals surface area contributed by atoms with Crippen LogP contribution in [0, 0.1) is 0 Å². The number of nitrogens with zero attached hydrogens (tertiary/aromatic N) is 5. The number of rotatable bonds is 8. The third-order valence-corrected chi connectivity index (χ3v) is 8.91. The molecule has 2 aromatic rings. The molecule has 33 heavy (non-hydrogen) atoms. The van der Waals surface area contributed by atoms with Gasteiger partial charge in [0.1, 0.15) is 0 Å². The van der Waals surface area contributed by atoms with Crippen LogP contribution >= 0.6 is 11.8 Å². The van der Waals surface area contributed by atoms with E-state index in [0.717, 1.165) is 24.3 Å². The van der Waals surface area contributed by atoms with E-state index < -0.39 is 9.84 Å². The number of anilines is 1. The molecule has 0 bridgehead atoms. The Kier molecular flexibility index (Phi) is 7.60. The lowest BCUT2D eigenvalue weighted by Crippen LogP contribution is -2.52. The number of amides is 1. The summed E-state index contributed by atoms with van der Waals surface area (Å²) in [5.74, 6) is 1.23. The topological polar surface area (TPSA) is 99.9 Å². The van der Waals surface area contributed by atoms with Crippen molar-refractivity contribution in [2.24, 2.45) is 0 Å². The van der Waals surface area contributed by atoms with Gasteiger partial charge in [-0.2, -0.15) is 0 Å². The predicted octanol–water partition coefficient (Wildman–Crippen LogP) is 2.01. The van der Waals surface area contributed by atoms with Crippen molar-refractivity contribution in [2.75, 3.05) is 61.4 Å². The number of benzene rings is 1. The lowest BCUT2D eigenvalue weighted by atomic mass is 10.2. The number of hydrogen-bond donors (Lipinski definition) is 0. The molecule has 11 heteroatoms. The molecular weight excluding hydrogens is 462 g/mol. The molecular formula is C22H31N5O4S2. The smallest absolute Gasteiger partial charge is 0.277 e. The molecule has 2 aliphatic rings. The fraction of sp³-hybridized carbons (Fsp3) is 0.591. The zero-order valence-corrected chi connectivity index (χ0v) is 20.8. The van der Waals surface area contributed by atoms with Crippen LogP contribution in [0.4, 0.5) is 5.69 Å². The van der Waals surface area contributed by atoms with Gasteiger partial charge in [0.05, 0.1) is 17.3 Å². The summed E-state index contributed by atoms with van der Waals surface area (Å²) in [4.78, 5) is 18.9. The highest BCUT2D eigenvalue weighted by atomic mass is 32.2. The van der Waals surface area contributed by atoms with Gasteiger partial charge in [0.2, 0.25) is 11.8 Å². The van der Waals surface area contributed by atoms with Gasteiger partial charge in [-0.3, -0.25) is 9.69 Å². The van der Waals surface area contributed by atoms with Crippen molar-refractivity contribution in [2.45, 2.75) is 31.5 Å². The summed E-state index contributed by atoms with van der Waals surface area (Å²) in [7, 11) is -2.89. The molecule has 2 fully saturated rings. The first kappa shape index (κ1) is 24.0. The summed E-state index contributed by atoms with van der Waals surface area (Å²) in [5, 5.41) is 8.58. The average Bonchev–Trinajstić information content (AvgIpc) is 3.45. The highest BCUT2D eigenvalue weighted by Crippen LogP contribution is 2.26. The minimum absolute atomic E-state index is 0.0296. The second-order valence-electron chi connectivity index (χ2n) is 8.35. The quantitative estimate of drug-likeness (QED) is 0.511. The van der Waals surface area contributed by atoms with Gasteiger partial charge in [-0.15, -0.1) is 10.2 Å². The normalized spacial score (nSPS) is 20.8. The lowest BCUT2D eigenvalue weighted by molar-refractivity contribution is -0.130. The molecule has 0 spiro atoms. The summed E-state index contributed by atoms with van der Waals surface area (Å²) in [6.45, 7) is 8.81. The zero-order chi connectivity index (χ0) is 23.4. The minimum atomic E-state index is -2.89. The number of sulfone groups is 1. The van der Waals surface area contributed by atoms with Crippen LogP contribution < -0.4 is 4.90 Å². The second kappa shape index (κ2) is 10.4. The number of piperazine rings is 1. The number of hydrogen-bond acceptors (Lipinski definition) is 9. The Morgan fingerprint density at radius 1 is 1.12 bits per heavy atom. The highest BCUT2D eigenvalue weighted by Gasteiger charge is 2.34. The Balaban J connectivity index is 1.25. The molecule has 2 aliphatic heterocycles. The van der Waals surface area contributed by atoms with Crippen LogP contribution in [0.2, 0.25) is 0 Å². The van der Waals surface area contributed by atoms with Crippen LogP contribution in [0.25, 0.3) is 11.5 Å². The van der Waals surface area contributed by atoms with Gasteiger partial charge in [0.25, 0.3) is 5.22 Å². The van der Waals surface area contributed by atoms with Crippen molar-refractivity contribution in [3.8, 4) is 11.5 Å². The first-order valence-corrected chi connectivity index (χ1v) is 14.2. The molecule has 4 rings (SSSR count). The van der Waals surface area contributed by atoms with Gasteiger partial charge in [-0.25, -0.2) is 8.42 Å². The van der Waals surface area contributed by atoms with E-state index in [1.807, 2.05) is 29.2 Å². The molecule has 2 saturated heterocycles. The maximum absolute atomic E-state index is 12.6. The number of thioether (sulfide) groups is 1. The highest BCUT2D eigenvalue weighted by molar-refractivity contribution is 7.99. The fourth-order valence-electron chi connectivity index (χ4n) is 4.40. The Morgan fingerprint density at radius 3 is 2.42 bits per heavy atom. The maximum atomic E-state index is 12.6. The Labute approximate surface area is 199 Å². The minimum Gasteiger partial charge on any atom is -0.411 e. The van der Waals surface area contributed by atoms with Crippen LogP contribution in [0.3, 0.4) is 0 Å². The fourth-order valence-corrected chi connectivity index (χ4v) is 6.83. The molecule has 9 nitrogen and oxygen atoms in total. The molecule has 1 amide bonds. The molecule has 0 saturated carbocycles. The molecule has 1 aromatic heterocycles. The third kappa shape index (κ3) is 5.88. The van der Waals surface area contributed by atoms with Crippen molar-refractivity contribution in [1.82, 2.24) is 20.0 Å². The van der Waals surface area contributed by atoms with Gasteiger partial charge in [-0.1, -0.05) is 11.8 Å². The summed E-state index contributed by atoms with van der Waals surface area (Å²) in [6, 6.07) is 8.12. The second-order valence-corrected chi connectivity index (χ2v) is 11.5. The zero-order valence-electron chi connectivity index (χ0n) is 19.1. The molecule has 0 aliphatic carbocycles. The van der Waals surface area contributed by atoms with Crippen LogP contribution in [-0.4, -0.2) is 96.9 Å². The number of aromatic nitrogens is 2. The van der Waals surface area contributed by atoms with E-state index in [2.05, 4.69) is 33.8 Å². The molecule has 0 radical (unpaired) electrons. The van der Waals surface area contributed by atoms with E-state index in [1.165, 1.54) is 11.8 Å². The average molecular weight is 494 g/mol. The van der Waals surface area contributed by atoms with Crippen molar-refractivity contribution >= 4 is 33.2 Å². The lowest BCUT2D eigenvalue weighted by Gasteiger charge is -2.37. The third-order valence-electron chi connectivity index (χ3n) is 6.36. The van der Waals surface area contributed by atoms with E-state index in [1.54, 1.807) is 0 Å². The Bertz CT molecular complexity index is 1040. The summed E-state index contributed by atoms with van der Waals surface area (Å²) in [6.07, 6.45) is 0.698. The van der Waals surface area contributed by atoms with Gasteiger partial charge in [0, 0.05) is 56.6 Å². The standard InChI is InChI=1S/C22H31N5O4S2/c1-3-25(4-2)18-7-5-17(6-8-18)21-23-24-22(31-21)32-15-20(28)27-12-10-26(11-13-27)19-9-14-33(29,30)16-19/h5-8,19H,3-4,9-16H2,1-2H3. The van der Waals surface area contributed by atoms with Crippen LogP contribution in [0.15, 0.2) is 33.9 Å². The van der Waals surface area contributed by atoms with Gasteiger partial charge in [0.15, 0.2) is 9.84 Å². The van der Waals surface area contributed by atoms with E-state index >= 15 is 0 Å².